The maximum absolute atomic E-state index is 12.1. The molecule has 2 heterocycles. The van der Waals surface area contributed by atoms with Gasteiger partial charge in [-0.1, -0.05) is 30.3 Å². The fourth-order valence-corrected chi connectivity index (χ4v) is 4.25. The molecular formula is C29H32N2O8. The van der Waals surface area contributed by atoms with Crippen LogP contribution in [0, 0.1) is 6.92 Å². The molecule has 1 aromatic heterocycles. The average molecular weight is 537 g/mol. The first-order valence-electron chi connectivity index (χ1n) is 12.5. The van der Waals surface area contributed by atoms with E-state index in [0.717, 1.165) is 22.4 Å². The van der Waals surface area contributed by atoms with Gasteiger partial charge in [0, 0.05) is 30.3 Å². The van der Waals surface area contributed by atoms with Crippen molar-refractivity contribution in [3.63, 3.8) is 0 Å². The summed E-state index contributed by atoms with van der Waals surface area (Å²) in [6, 6.07) is 16.0. The Kier molecular flexibility index (Phi) is 9.28. The molecular weight excluding hydrogens is 504 g/mol. The SMILES string of the molecule is Cc1cc(O)cc(O[C@@H]2O[C@H](CO)[C@@H](O)[C@H](O)[C@H]2O)c1Cc1ccc(/C=C/C(=O)NCc2ccccn2)cc1. The third-order valence-corrected chi connectivity index (χ3v) is 6.47. The number of ether oxygens (including phenoxy) is 2. The van der Waals surface area contributed by atoms with Crippen LogP contribution in [0.1, 0.15) is 27.9 Å². The largest absolute Gasteiger partial charge is 0.508 e. The van der Waals surface area contributed by atoms with Crippen molar-refractivity contribution >= 4 is 12.0 Å². The van der Waals surface area contributed by atoms with Crippen LogP contribution in [0.3, 0.4) is 0 Å². The van der Waals surface area contributed by atoms with E-state index in [2.05, 4.69) is 10.3 Å². The first-order chi connectivity index (χ1) is 18.7. The van der Waals surface area contributed by atoms with Gasteiger partial charge in [-0.05, 0) is 47.9 Å². The lowest BCUT2D eigenvalue weighted by molar-refractivity contribution is -0.277. The maximum atomic E-state index is 12.1. The van der Waals surface area contributed by atoms with Crippen LogP contribution >= 0.6 is 0 Å². The quantitative estimate of drug-likeness (QED) is 0.221. The van der Waals surface area contributed by atoms with Gasteiger partial charge in [0.15, 0.2) is 0 Å². The highest BCUT2D eigenvalue weighted by Crippen LogP contribution is 2.33. The van der Waals surface area contributed by atoms with Gasteiger partial charge < -0.3 is 40.3 Å². The van der Waals surface area contributed by atoms with E-state index in [9.17, 15) is 30.3 Å². The molecule has 0 saturated carbocycles. The van der Waals surface area contributed by atoms with Crippen LogP contribution in [0.25, 0.3) is 6.08 Å². The van der Waals surface area contributed by atoms with Crippen LogP contribution in [0.15, 0.2) is 66.9 Å². The van der Waals surface area contributed by atoms with Gasteiger partial charge in [-0.2, -0.15) is 0 Å². The number of rotatable bonds is 9. The summed E-state index contributed by atoms with van der Waals surface area (Å²) in [5, 5.41) is 52.9. The van der Waals surface area contributed by atoms with Crippen LogP contribution in [-0.2, 0) is 22.5 Å². The van der Waals surface area contributed by atoms with Crippen molar-refractivity contribution in [1.29, 1.82) is 0 Å². The van der Waals surface area contributed by atoms with Gasteiger partial charge in [-0.3, -0.25) is 9.78 Å². The van der Waals surface area contributed by atoms with E-state index in [1.54, 1.807) is 25.3 Å². The topological polar surface area (TPSA) is 162 Å². The molecule has 0 spiro atoms. The number of phenols is 1. The van der Waals surface area contributed by atoms with Gasteiger partial charge in [0.1, 0.15) is 35.9 Å². The molecule has 0 bridgehead atoms. The fourth-order valence-electron chi connectivity index (χ4n) is 4.25. The summed E-state index contributed by atoms with van der Waals surface area (Å²) in [7, 11) is 0. The van der Waals surface area contributed by atoms with Crippen molar-refractivity contribution in [3.05, 3.63) is 94.8 Å². The lowest BCUT2D eigenvalue weighted by atomic mass is 9.97. The first kappa shape index (κ1) is 28.2. The van der Waals surface area contributed by atoms with Crippen molar-refractivity contribution in [2.24, 2.45) is 0 Å². The van der Waals surface area contributed by atoms with Gasteiger partial charge in [0.05, 0.1) is 18.8 Å². The minimum absolute atomic E-state index is 0.0577. The van der Waals surface area contributed by atoms with Gasteiger partial charge in [0.2, 0.25) is 12.2 Å². The number of pyridine rings is 1. The van der Waals surface area contributed by atoms with Gasteiger partial charge in [-0.25, -0.2) is 0 Å². The molecule has 2 aromatic carbocycles. The highest BCUT2D eigenvalue weighted by Gasteiger charge is 2.45. The highest BCUT2D eigenvalue weighted by molar-refractivity contribution is 5.91. The number of carbonyl (C=O) groups is 1. The monoisotopic (exact) mass is 536 g/mol. The number of aromatic nitrogens is 1. The van der Waals surface area contributed by atoms with E-state index in [4.69, 9.17) is 9.47 Å². The second-order valence-electron chi connectivity index (χ2n) is 9.35. The van der Waals surface area contributed by atoms with Crippen molar-refractivity contribution in [3.8, 4) is 11.5 Å². The summed E-state index contributed by atoms with van der Waals surface area (Å²) < 4.78 is 11.3. The minimum atomic E-state index is -1.58. The summed E-state index contributed by atoms with van der Waals surface area (Å²) in [4.78, 5) is 16.3. The number of amides is 1. The molecule has 1 fully saturated rings. The third-order valence-electron chi connectivity index (χ3n) is 6.47. The third kappa shape index (κ3) is 7.20. The second-order valence-corrected chi connectivity index (χ2v) is 9.35. The summed E-state index contributed by atoms with van der Waals surface area (Å²) in [5.41, 5.74) is 3.94. The number of hydrogen-bond donors (Lipinski definition) is 6. The molecule has 0 unspecified atom stereocenters. The summed E-state index contributed by atoms with van der Waals surface area (Å²) in [6.07, 6.45) is -1.92. The molecule has 1 aliphatic rings. The average Bonchev–Trinajstić information content (AvgIpc) is 2.94. The fraction of sp³-hybridized carbons (Fsp3) is 0.310. The molecule has 1 amide bonds. The van der Waals surface area contributed by atoms with Crippen LogP contribution in [0.4, 0.5) is 0 Å². The zero-order valence-electron chi connectivity index (χ0n) is 21.3. The van der Waals surface area contributed by atoms with Crippen molar-refractivity contribution in [2.75, 3.05) is 6.61 Å². The number of phenolic OH excluding ortho intramolecular Hbond substituents is 1. The Hall–Kier alpha value is -3.80. The van der Waals surface area contributed by atoms with E-state index < -0.39 is 37.3 Å². The van der Waals surface area contributed by atoms with Crippen LogP contribution in [-0.4, -0.2) is 73.7 Å². The Bertz CT molecular complexity index is 1280. The Morgan fingerprint density at radius 3 is 2.54 bits per heavy atom. The molecule has 39 heavy (non-hydrogen) atoms. The van der Waals surface area contributed by atoms with E-state index in [-0.39, 0.29) is 17.4 Å². The first-order valence-corrected chi connectivity index (χ1v) is 12.5. The molecule has 5 atom stereocenters. The molecule has 6 N–H and O–H groups in total. The molecule has 1 saturated heterocycles. The molecule has 3 aromatic rings. The predicted molar refractivity (Wildman–Crippen MR) is 142 cm³/mol. The Morgan fingerprint density at radius 2 is 1.85 bits per heavy atom. The number of benzene rings is 2. The van der Waals surface area contributed by atoms with Crippen LogP contribution in [0.2, 0.25) is 0 Å². The lowest BCUT2D eigenvalue weighted by Gasteiger charge is -2.39. The number of nitrogens with zero attached hydrogens (tertiary/aromatic N) is 1. The smallest absolute Gasteiger partial charge is 0.244 e. The Balaban J connectivity index is 1.43. The molecule has 4 rings (SSSR count). The Morgan fingerprint density at radius 1 is 1.08 bits per heavy atom. The molecule has 0 aliphatic carbocycles. The van der Waals surface area contributed by atoms with Crippen molar-refractivity contribution < 1.29 is 39.8 Å². The predicted octanol–water partition coefficient (Wildman–Crippen LogP) is 1.19. The zero-order valence-corrected chi connectivity index (χ0v) is 21.3. The minimum Gasteiger partial charge on any atom is -0.508 e. The number of aryl methyl sites for hydroxylation is 1. The maximum Gasteiger partial charge on any atom is 0.244 e. The van der Waals surface area contributed by atoms with Crippen LogP contribution in [0.5, 0.6) is 11.5 Å². The zero-order chi connectivity index (χ0) is 27.9. The van der Waals surface area contributed by atoms with Gasteiger partial charge in [0.25, 0.3) is 0 Å². The van der Waals surface area contributed by atoms with E-state index >= 15 is 0 Å². The number of carbonyl (C=O) groups excluding carboxylic acids is 1. The highest BCUT2D eigenvalue weighted by atomic mass is 16.7. The molecule has 206 valence electrons. The standard InChI is InChI=1S/C29H32N2O8/c1-17-12-21(33)14-23(38-29-28(37)27(36)26(35)24(16-32)39-29)22(17)13-19-7-5-18(6-8-19)9-10-25(34)31-15-20-4-2-3-11-30-20/h2-12,14,24,26-29,32-33,35-37H,13,15-16H2,1H3,(H,31,34)/b10-9+/t24-,26-,27+,28-,29-/m1/s1. The Labute approximate surface area is 225 Å². The molecule has 1 aliphatic heterocycles. The van der Waals surface area contributed by atoms with Crippen LogP contribution < -0.4 is 10.1 Å². The van der Waals surface area contributed by atoms with E-state index in [1.807, 2.05) is 42.5 Å². The molecule has 10 heteroatoms. The number of nitrogens with one attached hydrogen (secondary N) is 1. The number of hydrogen-bond acceptors (Lipinski definition) is 9. The van der Waals surface area contributed by atoms with E-state index in [1.165, 1.54) is 12.1 Å². The van der Waals surface area contributed by atoms with E-state index in [0.29, 0.717) is 18.5 Å². The second kappa shape index (κ2) is 12.8. The summed E-state index contributed by atoms with van der Waals surface area (Å²) in [6.45, 7) is 1.56. The lowest BCUT2D eigenvalue weighted by Crippen LogP contribution is -2.60. The van der Waals surface area contributed by atoms with Crippen molar-refractivity contribution in [1.82, 2.24) is 10.3 Å². The van der Waals surface area contributed by atoms with Gasteiger partial charge >= 0.3 is 0 Å². The molecule has 10 nitrogen and oxygen atoms in total. The normalized spacial score (nSPS) is 23.1. The van der Waals surface area contributed by atoms with Crippen molar-refractivity contribution in [2.45, 2.75) is 50.6 Å². The summed E-state index contributed by atoms with van der Waals surface area (Å²) in [5.74, 6) is -0.0672. The number of aromatic hydroxyl groups is 1. The van der Waals surface area contributed by atoms with Gasteiger partial charge in [-0.15, -0.1) is 0 Å². The number of aliphatic hydroxyl groups excluding tert-OH is 4. The summed E-state index contributed by atoms with van der Waals surface area (Å²) >= 11 is 0. The molecule has 0 radical (unpaired) electrons. The number of aliphatic hydroxyl groups is 4.